The molecular formula is C57H86O6. The van der Waals surface area contributed by atoms with Crippen LogP contribution in [0.25, 0.3) is 0 Å². The summed E-state index contributed by atoms with van der Waals surface area (Å²) in [5.41, 5.74) is 0. The highest BCUT2D eigenvalue weighted by atomic mass is 16.6. The van der Waals surface area contributed by atoms with Crippen molar-refractivity contribution in [3.8, 4) is 0 Å². The van der Waals surface area contributed by atoms with Crippen LogP contribution in [-0.4, -0.2) is 37.2 Å². The third-order valence-corrected chi connectivity index (χ3v) is 9.45. The van der Waals surface area contributed by atoms with Gasteiger partial charge in [0.25, 0.3) is 0 Å². The summed E-state index contributed by atoms with van der Waals surface area (Å²) in [6.45, 7) is 6.23. The molecule has 0 N–H and O–H groups in total. The highest BCUT2D eigenvalue weighted by Crippen LogP contribution is 2.11. The van der Waals surface area contributed by atoms with E-state index in [1.807, 2.05) is 48.6 Å². The molecule has 0 aromatic carbocycles. The average Bonchev–Trinajstić information content (AvgIpc) is 3.28. The maximum absolute atomic E-state index is 12.7. The lowest BCUT2D eigenvalue weighted by Crippen LogP contribution is -2.30. The SMILES string of the molecule is CC/C=C\C/C=C\C/C=C\C/C=C\C/C=C\CCC(=O)OC(COC(=O)CCCCC/C=C\C=C/CCCC)COC(=O)CCCCCCC\C=C/C=C\C=C/C=C\C=C/CCC. The third kappa shape index (κ3) is 48.2. The van der Waals surface area contributed by atoms with Gasteiger partial charge >= 0.3 is 17.9 Å². The van der Waals surface area contributed by atoms with E-state index in [2.05, 4.69) is 118 Å². The van der Waals surface area contributed by atoms with Gasteiger partial charge in [-0.25, -0.2) is 0 Å². The molecule has 0 heterocycles. The molecule has 0 rings (SSSR count). The molecule has 6 heteroatoms. The summed E-state index contributed by atoms with van der Waals surface area (Å²) in [6, 6.07) is 0. The number of allylic oxidation sites excluding steroid dienone is 24. The Morgan fingerprint density at radius 2 is 0.746 bits per heavy atom. The molecule has 0 saturated carbocycles. The van der Waals surface area contributed by atoms with Gasteiger partial charge in [0.15, 0.2) is 6.10 Å². The first-order chi connectivity index (χ1) is 31.0. The first-order valence-electron chi connectivity index (χ1n) is 24.4. The van der Waals surface area contributed by atoms with E-state index in [4.69, 9.17) is 14.2 Å². The Balaban J connectivity index is 4.61. The van der Waals surface area contributed by atoms with Gasteiger partial charge in [0, 0.05) is 19.3 Å². The maximum atomic E-state index is 12.7. The van der Waals surface area contributed by atoms with Crippen LogP contribution in [0.4, 0.5) is 0 Å². The molecule has 1 unspecified atom stereocenters. The molecule has 350 valence electrons. The van der Waals surface area contributed by atoms with Gasteiger partial charge in [-0.15, -0.1) is 0 Å². The minimum absolute atomic E-state index is 0.136. The molecule has 0 amide bonds. The smallest absolute Gasteiger partial charge is 0.306 e. The number of hydrogen-bond acceptors (Lipinski definition) is 6. The van der Waals surface area contributed by atoms with Gasteiger partial charge in [0.05, 0.1) is 0 Å². The molecule has 0 spiro atoms. The number of ether oxygens (including phenoxy) is 3. The zero-order valence-electron chi connectivity index (χ0n) is 39.8. The van der Waals surface area contributed by atoms with E-state index in [0.717, 1.165) is 109 Å². The Morgan fingerprint density at radius 3 is 1.24 bits per heavy atom. The van der Waals surface area contributed by atoms with Crippen molar-refractivity contribution < 1.29 is 28.6 Å². The lowest BCUT2D eigenvalue weighted by Gasteiger charge is -2.18. The number of esters is 3. The van der Waals surface area contributed by atoms with Gasteiger partial charge in [-0.1, -0.05) is 212 Å². The van der Waals surface area contributed by atoms with Crippen molar-refractivity contribution in [2.75, 3.05) is 13.2 Å². The fraction of sp³-hybridized carbons (Fsp3) is 0.526. The molecule has 63 heavy (non-hydrogen) atoms. The summed E-state index contributed by atoms with van der Waals surface area (Å²) < 4.78 is 16.6. The summed E-state index contributed by atoms with van der Waals surface area (Å²) in [4.78, 5) is 37.8. The molecule has 0 aliphatic rings. The molecule has 0 aliphatic heterocycles. The lowest BCUT2D eigenvalue weighted by molar-refractivity contribution is -0.166. The van der Waals surface area contributed by atoms with E-state index in [9.17, 15) is 14.4 Å². The number of rotatable bonds is 41. The van der Waals surface area contributed by atoms with E-state index in [0.29, 0.717) is 19.3 Å². The molecule has 0 radical (unpaired) electrons. The van der Waals surface area contributed by atoms with E-state index in [-0.39, 0.29) is 31.6 Å². The molecule has 0 aromatic rings. The Kier molecular flexibility index (Phi) is 46.2. The molecule has 6 nitrogen and oxygen atoms in total. The molecule has 0 bridgehead atoms. The molecule has 0 aliphatic carbocycles. The number of carbonyl (C=O) groups is 3. The molecule has 1 atom stereocenters. The Labute approximate surface area is 385 Å². The van der Waals surface area contributed by atoms with Crippen molar-refractivity contribution in [2.24, 2.45) is 0 Å². The predicted molar refractivity (Wildman–Crippen MR) is 269 cm³/mol. The second-order valence-electron chi connectivity index (χ2n) is 15.4. The van der Waals surface area contributed by atoms with Crippen LogP contribution in [0.3, 0.4) is 0 Å². The van der Waals surface area contributed by atoms with Gasteiger partial charge < -0.3 is 14.2 Å². The summed E-state index contributed by atoms with van der Waals surface area (Å²) in [5, 5.41) is 0. The molecular weight excluding hydrogens is 781 g/mol. The second kappa shape index (κ2) is 49.9. The van der Waals surface area contributed by atoms with Crippen molar-refractivity contribution in [1.29, 1.82) is 0 Å². The van der Waals surface area contributed by atoms with Crippen LogP contribution < -0.4 is 0 Å². The Hall–Kier alpha value is -4.71. The number of unbranched alkanes of at least 4 members (excludes halogenated alkanes) is 11. The highest BCUT2D eigenvalue weighted by molar-refractivity contribution is 5.71. The minimum atomic E-state index is -0.845. The second-order valence-corrected chi connectivity index (χ2v) is 15.4. The standard InChI is InChI=1S/C57H86O6/c1-4-7-10-13-16-19-22-24-26-28-29-31-32-35-38-41-44-47-50-56(59)62-53-54(52-61-55(58)49-46-43-40-37-34-21-18-15-12-9-6-3)63-57(60)51-48-45-42-39-36-33-30-27-25-23-20-17-14-11-8-5-2/h8,10-11,13,15-22,24-29,31,33-34,36,42,45,54H,4-7,9,12,14,23,30,32,35,37-41,43-44,46-53H2,1-3H3/b11-8-,13-10-,18-15-,19-16-,20-17-,24-22-,27-25-,28-26-,31-29-,34-21-,36-33-,45-42-. The zero-order chi connectivity index (χ0) is 45.8. The number of hydrogen-bond donors (Lipinski definition) is 0. The fourth-order valence-electron chi connectivity index (χ4n) is 5.79. The van der Waals surface area contributed by atoms with Crippen molar-refractivity contribution in [3.63, 3.8) is 0 Å². The van der Waals surface area contributed by atoms with Gasteiger partial charge in [0.2, 0.25) is 0 Å². The van der Waals surface area contributed by atoms with Crippen LogP contribution in [0, 0.1) is 0 Å². The van der Waals surface area contributed by atoms with E-state index >= 15 is 0 Å². The lowest BCUT2D eigenvalue weighted by atomic mass is 10.1. The van der Waals surface area contributed by atoms with Gasteiger partial charge in [-0.05, 0) is 89.9 Å². The first kappa shape index (κ1) is 58.3. The summed E-state index contributed by atoms with van der Waals surface area (Å²) in [7, 11) is 0. The quantitative estimate of drug-likeness (QED) is 0.0200. The maximum Gasteiger partial charge on any atom is 0.306 e. The minimum Gasteiger partial charge on any atom is -0.462 e. The highest BCUT2D eigenvalue weighted by Gasteiger charge is 2.19. The van der Waals surface area contributed by atoms with Crippen LogP contribution in [0.2, 0.25) is 0 Å². The van der Waals surface area contributed by atoms with E-state index in [1.165, 1.54) is 19.3 Å². The Morgan fingerprint density at radius 1 is 0.349 bits per heavy atom. The summed E-state index contributed by atoms with van der Waals surface area (Å²) >= 11 is 0. The van der Waals surface area contributed by atoms with E-state index < -0.39 is 12.1 Å². The largest absolute Gasteiger partial charge is 0.462 e. The number of carbonyl (C=O) groups excluding carboxylic acids is 3. The third-order valence-electron chi connectivity index (χ3n) is 9.45. The van der Waals surface area contributed by atoms with Crippen LogP contribution in [0.1, 0.15) is 175 Å². The van der Waals surface area contributed by atoms with Crippen molar-refractivity contribution in [1.82, 2.24) is 0 Å². The Bertz CT molecular complexity index is 1460. The average molecular weight is 867 g/mol. The molecule has 0 fully saturated rings. The van der Waals surface area contributed by atoms with Gasteiger partial charge in [-0.2, -0.15) is 0 Å². The summed E-state index contributed by atoms with van der Waals surface area (Å²) in [5.74, 6) is -1.09. The molecule has 0 aromatic heterocycles. The van der Waals surface area contributed by atoms with Crippen LogP contribution in [-0.2, 0) is 28.6 Å². The van der Waals surface area contributed by atoms with Crippen LogP contribution in [0.5, 0.6) is 0 Å². The van der Waals surface area contributed by atoms with E-state index in [1.54, 1.807) is 0 Å². The fourth-order valence-corrected chi connectivity index (χ4v) is 5.79. The van der Waals surface area contributed by atoms with Crippen LogP contribution in [0.15, 0.2) is 146 Å². The predicted octanol–water partition coefficient (Wildman–Crippen LogP) is 16.1. The van der Waals surface area contributed by atoms with Crippen LogP contribution >= 0.6 is 0 Å². The van der Waals surface area contributed by atoms with Gasteiger partial charge in [0.1, 0.15) is 13.2 Å². The zero-order valence-corrected chi connectivity index (χ0v) is 39.8. The van der Waals surface area contributed by atoms with Crippen molar-refractivity contribution in [2.45, 2.75) is 181 Å². The summed E-state index contributed by atoms with van der Waals surface area (Å²) in [6.07, 6.45) is 71.2. The molecule has 0 saturated heterocycles. The monoisotopic (exact) mass is 867 g/mol. The first-order valence-corrected chi connectivity index (χ1v) is 24.4. The van der Waals surface area contributed by atoms with Crippen molar-refractivity contribution >= 4 is 17.9 Å². The normalized spacial score (nSPS) is 13.4. The van der Waals surface area contributed by atoms with Crippen molar-refractivity contribution in [3.05, 3.63) is 146 Å². The van der Waals surface area contributed by atoms with Gasteiger partial charge in [-0.3, -0.25) is 14.4 Å². The topological polar surface area (TPSA) is 78.9 Å².